The van der Waals surface area contributed by atoms with E-state index in [9.17, 15) is 0 Å². The second-order valence-electron chi connectivity index (χ2n) is 5.74. The van der Waals surface area contributed by atoms with Crippen LogP contribution >= 0.6 is 7.92 Å². The van der Waals surface area contributed by atoms with Gasteiger partial charge in [0.1, 0.15) is 0 Å². The summed E-state index contributed by atoms with van der Waals surface area (Å²) in [6.45, 7) is 0. The van der Waals surface area contributed by atoms with Crippen LogP contribution in [0, 0.1) is 0 Å². The molecule has 2 aromatic carbocycles. The third-order valence-electron chi connectivity index (χ3n) is 4.43. The van der Waals surface area contributed by atoms with Crippen molar-refractivity contribution < 1.29 is 0 Å². The molecule has 3 rings (SSSR count). The summed E-state index contributed by atoms with van der Waals surface area (Å²) in [5, 5.41) is 3.35. The summed E-state index contributed by atoms with van der Waals surface area (Å²) in [5.74, 6) is 0. The maximum absolute atomic E-state index is 2.47. The summed E-state index contributed by atoms with van der Waals surface area (Å²) >= 11 is 0. The lowest BCUT2D eigenvalue weighted by molar-refractivity contribution is 0.152. The van der Waals surface area contributed by atoms with Gasteiger partial charge in [-0.25, -0.2) is 0 Å². The van der Waals surface area contributed by atoms with Crippen molar-refractivity contribution in [2.75, 3.05) is 14.1 Å². The summed E-state index contributed by atoms with van der Waals surface area (Å²) in [7, 11) is 4.18. The Morgan fingerprint density at radius 1 is 0.800 bits per heavy atom. The maximum Gasteiger partial charge on any atom is 0.0483 e. The molecule has 0 aromatic heterocycles. The molecule has 1 aliphatic carbocycles. The van der Waals surface area contributed by atoms with E-state index in [4.69, 9.17) is 0 Å². The van der Waals surface area contributed by atoms with E-state index in [0.29, 0.717) is 5.28 Å². The number of hydrogen-bond acceptors (Lipinski definition) is 1. The first-order valence-corrected chi connectivity index (χ1v) is 8.66. The predicted molar refractivity (Wildman–Crippen MR) is 89.3 cm³/mol. The van der Waals surface area contributed by atoms with E-state index in [1.165, 1.54) is 29.9 Å². The summed E-state index contributed by atoms with van der Waals surface area (Å²) < 4.78 is 0. The Morgan fingerprint density at radius 3 is 1.55 bits per heavy atom. The highest BCUT2D eigenvalue weighted by atomic mass is 31.1. The first-order valence-electron chi connectivity index (χ1n) is 7.32. The lowest BCUT2D eigenvalue weighted by Gasteiger charge is -2.53. The Balaban J connectivity index is 2.09. The van der Waals surface area contributed by atoms with Gasteiger partial charge in [-0.05, 0) is 51.9 Å². The normalized spacial score (nSPS) is 17.2. The molecule has 0 N–H and O–H groups in total. The SMILES string of the molecule is CN(C)C1(P(c2ccccc2)c2ccccc2)CCC1. The van der Waals surface area contributed by atoms with Crippen LogP contribution in [0.25, 0.3) is 0 Å². The van der Waals surface area contributed by atoms with Gasteiger partial charge in [0.15, 0.2) is 0 Å². The lowest BCUT2D eigenvalue weighted by atomic mass is 9.91. The quantitative estimate of drug-likeness (QED) is 0.776. The minimum atomic E-state index is -0.323. The molecule has 0 saturated heterocycles. The average Bonchev–Trinajstić information content (AvgIpc) is 2.44. The molecule has 0 spiro atoms. The van der Waals surface area contributed by atoms with Gasteiger partial charge in [-0.3, -0.25) is 4.90 Å². The highest BCUT2D eigenvalue weighted by Gasteiger charge is 2.46. The van der Waals surface area contributed by atoms with Gasteiger partial charge in [0.05, 0.1) is 0 Å². The molecule has 0 unspecified atom stereocenters. The van der Waals surface area contributed by atoms with Gasteiger partial charge in [-0.2, -0.15) is 0 Å². The molecule has 0 bridgehead atoms. The molecule has 2 aromatic rings. The standard InChI is InChI=1S/C18H22NP/c1-19(2)18(14-9-15-18)20(16-10-5-3-6-11-16)17-12-7-4-8-13-17/h3-8,10-13H,9,14-15H2,1-2H3. The Morgan fingerprint density at radius 2 is 1.25 bits per heavy atom. The zero-order valence-corrected chi connectivity index (χ0v) is 13.2. The van der Waals surface area contributed by atoms with Crippen LogP contribution < -0.4 is 10.6 Å². The summed E-state index contributed by atoms with van der Waals surface area (Å²) in [4.78, 5) is 2.47. The second kappa shape index (κ2) is 5.68. The first kappa shape index (κ1) is 13.8. The zero-order valence-electron chi connectivity index (χ0n) is 12.3. The molecule has 0 heterocycles. The van der Waals surface area contributed by atoms with Gasteiger partial charge in [0.25, 0.3) is 0 Å². The molecule has 1 saturated carbocycles. The van der Waals surface area contributed by atoms with Crippen LogP contribution in [0.15, 0.2) is 60.7 Å². The van der Waals surface area contributed by atoms with Gasteiger partial charge in [-0.15, -0.1) is 0 Å². The van der Waals surface area contributed by atoms with Crippen molar-refractivity contribution >= 4 is 18.5 Å². The lowest BCUT2D eigenvalue weighted by Crippen LogP contribution is -2.51. The minimum Gasteiger partial charge on any atom is -0.299 e. The van der Waals surface area contributed by atoms with E-state index < -0.39 is 0 Å². The molecule has 20 heavy (non-hydrogen) atoms. The van der Waals surface area contributed by atoms with Crippen LogP contribution in [0.4, 0.5) is 0 Å². The molecule has 0 aliphatic heterocycles. The number of benzene rings is 2. The largest absolute Gasteiger partial charge is 0.299 e. The molecule has 1 nitrogen and oxygen atoms in total. The fourth-order valence-electron chi connectivity index (χ4n) is 3.15. The van der Waals surface area contributed by atoms with Gasteiger partial charge >= 0.3 is 0 Å². The van der Waals surface area contributed by atoms with Crippen molar-refractivity contribution in [3.63, 3.8) is 0 Å². The van der Waals surface area contributed by atoms with Crippen molar-refractivity contribution in [1.82, 2.24) is 4.90 Å². The molecule has 1 fully saturated rings. The first-order chi connectivity index (χ1) is 9.74. The molecule has 0 radical (unpaired) electrons. The van der Waals surface area contributed by atoms with Gasteiger partial charge < -0.3 is 0 Å². The van der Waals surface area contributed by atoms with Crippen molar-refractivity contribution in [1.29, 1.82) is 0 Å². The third kappa shape index (κ3) is 2.30. The second-order valence-corrected chi connectivity index (χ2v) is 8.27. The van der Waals surface area contributed by atoms with Crippen molar-refractivity contribution in [2.24, 2.45) is 0 Å². The molecular weight excluding hydrogens is 261 g/mol. The fourth-order valence-corrected chi connectivity index (χ4v) is 6.51. The van der Waals surface area contributed by atoms with E-state index in [-0.39, 0.29) is 7.92 Å². The fraction of sp³-hybridized carbons (Fsp3) is 0.333. The van der Waals surface area contributed by atoms with Crippen LogP contribution in [0.5, 0.6) is 0 Å². The molecule has 104 valence electrons. The van der Waals surface area contributed by atoms with Crippen molar-refractivity contribution in [2.45, 2.75) is 24.5 Å². The van der Waals surface area contributed by atoms with Gasteiger partial charge in [0.2, 0.25) is 0 Å². The predicted octanol–water partition coefficient (Wildman–Crippen LogP) is 3.56. The molecule has 0 atom stereocenters. The van der Waals surface area contributed by atoms with Crippen LogP contribution in [0.3, 0.4) is 0 Å². The summed E-state index contributed by atoms with van der Waals surface area (Å²) in [6.07, 6.45) is 3.99. The van der Waals surface area contributed by atoms with E-state index in [1.54, 1.807) is 0 Å². The number of nitrogens with zero attached hydrogens (tertiary/aromatic N) is 1. The van der Waals surface area contributed by atoms with Crippen LogP contribution in [-0.2, 0) is 0 Å². The van der Waals surface area contributed by atoms with Gasteiger partial charge in [0, 0.05) is 5.28 Å². The number of hydrogen-bond donors (Lipinski definition) is 0. The third-order valence-corrected chi connectivity index (χ3v) is 7.74. The Kier molecular flexibility index (Phi) is 3.92. The molecule has 0 amide bonds. The maximum atomic E-state index is 2.47. The highest BCUT2D eigenvalue weighted by molar-refractivity contribution is 7.74. The van der Waals surface area contributed by atoms with E-state index >= 15 is 0 Å². The smallest absolute Gasteiger partial charge is 0.0483 e. The van der Waals surface area contributed by atoms with Crippen LogP contribution in [-0.4, -0.2) is 24.3 Å². The average molecular weight is 283 g/mol. The minimum absolute atomic E-state index is 0.323. The number of rotatable bonds is 4. The van der Waals surface area contributed by atoms with Crippen molar-refractivity contribution in [3.8, 4) is 0 Å². The Hall–Kier alpha value is -1.17. The Labute approximate surface area is 123 Å². The highest BCUT2D eigenvalue weighted by Crippen LogP contribution is 2.59. The molecular formula is C18H22NP. The monoisotopic (exact) mass is 283 g/mol. The van der Waals surface area contributed by atoms with Crippen LogP contribution in [0.2, 0.25) is 0 Å². The molecule has 1 aliphatic rings. The topological polar surface area (TPSA) is 3.24 Å². The Bertz CT molecular complexity index is 507. The molecule has 2 heteroatoms. The van der Waals surface area contributed by atoms with E-state index in [1.807, 2.05) is 0 Å². The summed E-state index contributed by atoms with van der Waals surface area (Å²) in [5.41, 5.74) is 0. The van der Waals surface area contributed by atoms with E-state index in [0.717, 1.165) is 0 Å². The van der Waals surface area contributed by atoms with E-state index in [2.05, 4.69) is 79.7 Å². The van der Waals surface area contributed by atoms with Crippen molar-refractivity contribution in [3.05, 3.63) is 60.7 Å². The van der Waals surface area contributed by atoms with Crippen LogP contribution in [0.1, 0.15) is 19.3 Å². The van der Waals surface area contributed by atoms with Gasteiger partial charge in [-0.1, -0.05) is 60.7 Å². The zero-order chi connectivity index (χ0) is 14.0. The summed E-state index contributed by atoms with van der Waals surface area (Å²) in [6, 6.07) is 22.2.